The van der Waals surface area contributed by atoms with Crippen molar-refractivity contribution in [3.8, 4) is 0 Å². The summed E-state index contributed by atoms with van der Waals surface area (Å²) < 4.78 is 1.58. The molecule has 0 radical (unpaired) electrons. The first-order valence-corrected chi connectivity index (χ1v) is 9.46. The SMILES string of the molecule is CN(C(=O)c1cccc(NC(=O)c2cc(C(C)(C)C)nn2C)c1)c1ccccc1. The van der Waals surface area contributed by atoms with Crippen molar-refractivity contribution in [2.45, 2.75) is 26.2 Å². The summed E-state index contributed by atoms with van der Waals surface area (Å²) in [7, 11) is 3.48. The van der Waals surface area contributed by atoms with E-state index in [1.165, 1.54) is 0 Å². The molecular weight excluding hydrogens is 364 g/mol. The Morgan fingerprint density at radius 3 is 2.31 bits per heavy atom. The highest BCUT2D eigenvalue weighted by Gasteiger charge is 2.22. The lowest BCUT2D eigenvalue weighted by Crippen LogP contribution is -2.26. The summed E-state index contributed by atoms with van der Waals surface area (Å²) in [6.45, 7) is 6.15. The quantitative estimate of drug-likeness (QED) is 0.724. The number of aryl methyl sites for hydroxylation is 1. The fraction of sp³-hybridized carbons (Fsp3) is 0.261. The van der Waals surface area contributed by atoms with Crippen LogP contribution < -0.4 is 10.2 Å². The molecule has 0 aliphatic carbocycles. The molecule has 150 valence electrons. The summed E-state index contributed by atoms with van der Waals surface area (Å²) in [5.74, 6) is -0.417. The topological polar surface area (TPSA) is 67.2 Å². The summed E-state index contributed by atoms with van der Waals surface area (Å²) >= 11 is 0. The predicted molar refractivity (Wildman–Crippen MR) is 115 cm³/mol. The van der Waals surface area contributed by atoms with E-state index in [2.05, 4.69) is 31.2 Å². The zero-order valence-corrected chi connectivity index (χ0v) is 17.4. The Bertz CT molecular complexity index is 1030. The Balaban J connectivity index is 1.79. The fourth-order valence-corrected chi connectivity index (χ4v) is 2.93. The van der Waals surface area contributed by atoms with Crippen LogP contribution in [0, 0.1) is 0 Å². The summed E-state index contributed by atoms with van der Waals surface area (Å²) in [5, 5.41) is 7.31. The van der Waals surface area contributed by atoms with Crippen molar-refractivity contribution in [3.05, 3.63) is 77.6 Å². The highest BCUT2D eigenvalue weighted by Crippen LogP contribution is 2.22. The lowest BCUT2D eigenvalue weighted by Gasteiger charge is -2.17. The Morgan fingerprint density at radius 2 is 1.69 bits per heavy atom. The van der Waals surface area contributed by atoms with Crippen molar-refractivity contribution >= 4 is 23.2 Å². The first-order valence-electron chi connectivity index (χ1n) is 9.46. The molecule has 2 amide bonds. The minimum absolute atomic E-state index is 0.148. The average molecular weight is 390 g/mol. The number of amides is 2. The molecule has 0 unspecified atom stereocenters. The van der Waals surface area contributed by atoms with Gasteiger partial charge in [-0.05, 0) is 36.4 Å². The molecule has 0 fully saturated rings. The normalized spacial score (nSPS) is 11.2. The molecule has 6 heteroatoms. The number of aromatic nitrogens is 2. The van der Waals surface area contributed by atoms with Gasteiger partial charge >= 0.3 is 0 Å². The van der Waals surface area contributed by atoms with E-state index in [1.54, 1.807) is 54.0 Å². The van der Waals surface area contributed by atoms with Gasteiger partial charge in [0.1, 0.15) is 5.69 Å². The molecule has 0 spiro atoms. The van der Waals surface area contributed by atoms with Crippen molar-refractivity contribution < 1.29 is 9.59 Å². The van der Waals surface area contributed by atoms with Gasteiger partial charge < -0.3 is 10.2 Å². The van der Waals surface area contributed by atoms with Gasteiger partial charge in [-0.2, -0.15) is 5.10 Å². The van der Waals surface area contributed by atoms with Crippen LogP contribution in [-0.2, 0) is 12.5 Å². The molecule has 0 bridgehead atoms. The first-order chi connectivity index (χ1) is 13.7. The molecule has 0 aliphatic heterocycles. The second-order valence-electron chi connectivity index (χ2n) is 8.02. The molecule has 2 aromatic carbocycles. The minimum atomic E-state index is -0.267. The van der Waals surface area contributed by atoms with Crippen LogP contribution in [0.15, 0.2) is 60.7 Å². The molecule has 6 nitrogen and oxygen atoms in total. The van der Waals surface area contributed by atoms with Gasteiger partial charge in [0.05, 0.1) is 5.69 Å². The van der Waals surface area contributed by atoms with E-state index in [0.29, 0.717) is 16.9 Å². The highest BCUT2D eigenvalue weighted by molar-refractivity contribution is 6.07. The number of para-hydroxylation sites is 1. The summed E-state index contributed by atoms with van der Waals surface area (Å²) in [5.41, 5.74) is 3.02. The van der Waals surface area contributed by atoms with Gasteiger partial charge in [-0.3, -0.25) is 14.3 Å². The van der Waals surface area contributed by atoms with Gasteiger partial charge in [0.25, 0.3) is 11.8 Å². The molecule has 1 aromatic heterocycles. The molecule has 1 heterocycles. The first kappa shape index (κ1) is 20.3. The van der Waals surface area contributed by atoms with E-state index >= 15 is 0 Å². The van der Waals surface area contributed by atoms with Gasteiger partial charge in [-0.25, -0.2) is 0 Å². The standard InChI is InChI=1S/C23H26N4O2/c1-23(2,3)20-15-19(27(5)25-20)21(28)24-17-11-9-10-16(14-17)22(29)26(4)18-12-7-6-8-13-18/h6-15H,1-5H3,(H,24,28). The number of nitrogens with one attached hydrogen (secondary N) is 1. The van der Waals surface area contributed by atoms with Crippen molar-refractivity contribution in [3.63, 3.8) is 0 Å². The Kier molecular flexibility index (Phi) is 5.55. The van der Waals surface area contributed by atoms with E-state index in [9.17, 15) is 9.59 Å². The number of carbonyl (C=O) groups excluding carboxylic acids is 2. The molecule has 29 heavy (non-hydrogen) atoms. The third kappa shape index (κ3) is 4.54. The molecule has 0 saturated carbocycles. The smallest absolute Gasteiger partial charge is 0.273 e. The van der Waals surface area contributed by atoms with Gasteiger partial charge in [0, 0.05) is 36.4 Å². The van der Waals surface area contributed by atoms with Crippen LogP contribution in [-0.4, -0.2) is 28.6 Å². The number of hydrogen-bond acceptors (Lipinski definition) is 3. The van der Waals surface area contributed by atoms with Crippen molar-refractivity contribution in [1.82, 2.24) is 9.78 Å². The molecule has 0 saturated heterocycles. The summed E-state index contributed by atoms with van der Waals surface area (Å²) in [4.78, 5) is 27.1. The largest absolute Gasteiger partial charge is 0.321 e. The van der Waals surface area contributed by atoms with E-state index < -0.39 is 0 Å². The minimum Gasteiger partial charge on any atom is -0.321 e. The molecule has 3 aromatic rings. The molecule has 1 N–H and O–H groups in total. The van der Waals surface area contributed by atoms with Crippen molar-refractivity contribution in [2.75, 3.05) is 17.3 Å². The van der Waals surface area contributed by atoms with Gasteiger partial charge in [0.15, 0.2) is 0 Å². The van der Waals surface area contributed by atoms with Crippen molar-refractivity contribution in [2.24, 2.45) is 7.05 Å². The number of hydrogen-bond donors (Lipinski definition) is 1. The second-order valence-corrected chi connectivity index (χ2v) is 8.02. The third-order valence-corrected chi connectivity index (χ3v) is 4.70. The van der Waals surface area contributed by atoms with Crippen LogP contribution in [0.2, 0.25) is 0 Å². The van der Waals surface area contributed by atoms with Crippen LogP contribution in [0.1, 0.15) is 47.3 Å². The Morgan fingerprint density at radius 1 is 1.00 bits per heavy atom. The van der Waals surface area contributed by atoms with Crippen LogP contribution in [0.25, 0.3) is 0 Å². The lowest BCUT2D eigenvalue weighted by atomic mass is 9.92. The average Bonchev–Trinajstić information content (AvgIpc) is 3.10. The number of anilines is 2. The third-order valence-electron chi connectivity index (χ3n) is 4.70. The van der Waals surface area contributed by atoms with Gasteiger partial charge in [-0.15, -0.1) is 0 Å². The van der Waals surface area contributed by atoms with Crippen LogP contribution in [0.3, 0.4) is 0 Å². The van der Waals surface area contributed by atoms with Crippen LogP contribution in [0.4, 0.5) is 11.4 Å². The zero-order valence-electron chi connectivity index (χ0n) is 17.4. The van der Waals surface area contributed by atoms with Gasteiger partial charge in [0.2, 0.25) is 0 Å². The van der Waals surface area contributed by atoms with Gasteiger partial charge in [-0.1, -0.05) is 45.0 Å². The van der Waals surface area contributed by atoms with Crippen LogP contribution >= 0.6 is 0 Å². The Hall–Kier alpha value is -3.41. The van der Waals surface area contributed by atoms with Crippen LogP contribution in [0.5, 0.6) is 0 Å². The number of rotatable bonds is 4. The summed E-state index contributed by atoms with van der Waals surface area (Å²) in [6, 6.07) is 18.2. The molecule has 3 rings (SSSR count). The molecular formula is C23H26N4O2. The van der Waals surface area contributed by atoms with E-state index in [4.69, 9.17) is 0 Å². The second kappa shape index (κ2) is 7.91. The fourth-order valence-electron chi connectivity index (χ4n) is 2.93. The summed E-state index contributed by atoms with van der Waals surface area (Å²) in [6.07, 6.45) is 0. The maximum Gasteiger partial charge on any atom is 0.273 e. The van der Waals surface area contributed by atoms with E-state index in [0.717, 1.165) is 11.4 Å². The highest BCUT2D eigenvalue weighted by atomic mass is 16.2. The number of carbonyl (C=O) groups is 2. The number of nitrogens with zero attached hydrogens (tertiary/aromatic N) is 3. The van der Waals surface area contributed by atoms with Crippen molar-refractivity contribution in [1.29, 1.82) is 0 Å². The predicted octanol–water partition coefficient (Wildman–Crippen LogP) is 4.25. The molecule has 0 atom stereocenters. The lowest BCUT2D eigenvalue weighted by molar-refractivity contribution is 0.0989. The van der Waals surface area contributed by atoms with E-state index in [-0.39, 0.29) is 17.2 Å². The monoisotopic (exact) mass is 390 g/mol. The Labute approximate surface area is 171 Å². The zero-order chi connectivity index (χ0) is 21.2. The maximum absolute atomic E-state index is 12.8. The number of benzene rings is 2. The maximum atomic E-state index is 12.8. The van der Waals surface area contributed by atoms with E-state index in [1.807, 2.05) is 30.3 Å². The molecule has 0 aliphatic rings.